The molecule has 0 radical (unpaired) electrons. The average Bonchev–Trinajstić information content (AvgIpc) is 3.14. The van der Waals surface area contributed by atoms with Crippen molar-refractivity contribution in [3.63, 3.8) is 0 Å². The van der Waals surface area contributed by atoms with E-state index in [0.717, 1.165) is 6.07 Å². The second kappa shape index (κ2) is 8.90. The minimum atomic E-state index is -0.635. The number of rotatable bonds is 4. The van der Waals surface area contributed by atoms with Crippen LogP contribution in [0.3, 0.4) is 0 Å². The van der Waals surface area contributed by atoms with Gasteiger partial charge in [0.15, 0.2) is 0 Å². The van der Waals surface area contributed by atoms with Gasteiger partial charge in [-0.25, -0.2) is 8.78 Å². The van der Waals surface area contributed by atoms with Crippen LogP contribution in [0.1, 0.15) is 25.6 Å². The van der Waals surface area contributed by atoms with E-state index in [1.165, 1.54) is 41.5 Å². The lowest BCUT2D eigenvalue weighted by Crippen LogP contribution is -2.50. The molecule has 0 N–H and O–H groups in total. The third-order valence-corrected chi connectivity index (χ3v) is 6.68. The van der Waals surface area contributed by atoms with Crippen LogP contribution in [0.2, 0.25) is 5.02 Å². The molecular weight excluding hydrogens is 446 g/mol. The fraction of sp³-hybridized carbons (Fsp3) is 0.273. The highest BCUT2D eigenvalue weighted by atomic mass is 35.5. The Labute approximate surface area is 186 Å². The summed E-state index contributed by atoms with van der Waals surface area (Å²) in [6.07, 6.45) is 0. The van der Waals surface area contributed by atoms with E-state index < -0.39 is 11.7 Å². The van der Waals surface area contributed by atoms with Crippen molar-refractivity contribution >= 4 is 44.8 Å². The number of ether oxygens (including phenoxy) is 1. The number of benzene rings is 2. The van der Waals surface area contributed by atoms with Crippen LogP contribution in [0.5, 0.6) is 0 Å². The quantitative estimate of drug-likeness (QED) is 0.568. The normalized spacial score (nSPS) is 14.3. The van der Waals surface area contributed by atoms with E-state index >= 15 is 0 Å². The molecule has 2 heterocycles. The Morgan fingerprint density at radius 1 is 1.03 bits per heavy atom. The van der Waals surface area contributed by atoms with Crippen molar-refractivity contribution in [2.24, 2.45) is 0 Å². The average molecular weight is 465 g/mol. The van der Waals surface area contributed by atoms with Gasteiger partial charge in [-0.15, -0.1) is 11.3 Å². The van der Waals surface area contributed by atoms with E-state index in [-0.39, 0.29) is 55.1 Å². The second-order valence-electron chi connectivity index (χ2n) is 7.16. The smallest absolute Gasteiger partial charge is 0.264 e. The number of amides is 2. The highest BCUT2D eigenvalue weighted by Gasteiger charge is 2.30. The first kappa shape index (κ1) is 21.7. The number of halogens is 3. The minimum Gasteiger partial charge on any atom is -0.380 e. The van der Waals surface area contributed by atoms with Crippen LogP contribution in [-0.4, -0.2) is 54.9 Å². The first-order valence-corrected chi connectivity index (χ1v) is 10.8. The molecule has 31 heavy (non-hydrogen) atoms. The van der Waals surface area contributed by atoms with Crippen molar-refractivity contribution in [3.05, 3.63) is 69.1 Å². The number of hydrogen-bond donors (Lipinski definition) is 0. The summed E-state index contributed by atoms with van der Waals surface area (Å²) in [7, 11) is 1.50. The van der Waals surface area contributed by atoms with Gasteiger partial charge in [-0.05, 0) is 30.3 Å². The number of nitrogens with zero attached hydrogens (tertiary/aromatic N) is 2. The molecule has 3 aromatic rings. The molecule has 2 aromatic carbocycles. The van der Waals surface area contributed by atoms with Crippen molar-refractivity contribution < 1.29 is 23.1 Å². The maximum atomic E-state index is 14.4. The van der Waals surface area contributed by atoms with Gasteiger partial charge in [-0.3, -0.25) is 9.59 Å². The van der Waals surface area contributed by atoms with Gasteiger partial charge in [0, 0.05) is 54.0 Å². The predicted octanol–water partition coefficient (Wildman–Crippen LogP) is 4.58. The Morgan fingerprint density at radius 2 is 1.71 bits per heavy atom. The van der Waals surface area contributed by atoms with Gasteiger partial charge in [0.25, 0.3) is 11.8 Å². The van der Waals surface area contributed by atoms with Crippen LogP contribution in [-0.2, 0) is 11.3 Å². The number of carbonyl (C=O) groups is 2. The second-order valence-corrected chi connectivity index (χ2v) is 8.65. The van der Waals surface area contributed by atoms with Crippen molar-refractivity contribution in [2.45, 2.75) is 6.61 Å². The van der Waals surface area contributed by atoms with Gasteiger partial charge < -0.3 is 14.5 Å². The van der Waals surface area contributed by atoms with Crippen LogP contribution < -0.4 is 0 Å². The molecule has 4 rings (SSSR count). The van der Waals surface area contributed by atoms with E-state index in [4.69, 9.17) is 16.3 Å². The molecule has 0 saturated carbocycles. The zero-order valence-electron chi connectivity index (χ0n) is 16.7. The first-order chi connectivity index (χ1) is 14.9. The summed E-state index contributed by atoms with van der Waals surface area (Å²) in [6, 6.07) is 8.60. The van der Waals surface area contributed by atoms with Gasteiger partial charge in [0.1, 0.15) is 11.6 Å². The molecule has 1 fully saturated rings. The Hall–Kier alpha value is -2.55. The van der Waals surface area contributed by atoms with E-state index in [1.54, 1.807) is 17.0 Å². The molecule has 9 heteroatoms. The molecular formula is C22H19ClF2N2O3S. The molecule has 2 amide bonds. The fourth-order valence-corrected chi connectivity index (χ4v) is 5.07. The lowest BCUT2D eigenvalue weighted by molar-refractivity contribution is 0.0533. The number of hydrogen-bond acceptors (Lipinski definition) is 4. The Balaban J connectivity index is 1.52. The molecule has 5 nitrogen and oxygen atoms in total. The number of piperazine rings is 1. The lowest BCUT2D eigenvalue weighted by atomic mass is 10.1. The van der Waals surface area contributed by atoms with Gasteiger partial charge >= 0.3 is 0 Å². The maximum Gasteiger partial charge on any atom is 0.264 e. The van der Waals surface area contributed by atoms with E-state index in [0.29, 0.717) is 20.5 Å². The third-order valence-electron chi connectivity index (χ3n) is 5.26. The van der Waals surface area contributed by atoms with Gasteiger partial charge in [0.05, 0.1) is 17.0 Å². The number of fused-ring (bicyclic) bond motifs is 1. The summed E-state index contributed by atoms with van der Waals surface area (Å²) < 4.78 is 34.3. The zero-order chi connectivity index (χ0) is 22.1. The van der Waals surface area contributed by atoms with Gasteiger partial charge in [-0.2, -0.15) is 0 Å². The number of thiophene rings is 1. The van der Waals surface area contributed by atoms with Gasteiger partial charge in [0.2, 0.25) is 0 Å². The predicted molar refractivity (Wildman–Crippen MR) is 116 cm³/mol. The monoisotopic (exact) mass is 464 g/mol. The largest absolute Gasteiger partial charge is 0.380 e. The van der Waals surface area contributed by atoms with Crippen LogP contribution in [0.15, 0.2) is 36.4 Å². The van der Waals surface area contributed by atoms with E-state index in [2.05, 4.69) is 0 Å². The first-order valence-electron chi connectivity index (χ1n) is 9.63. The van der Waals surface area contributed by atoms with Crippen LogP contribution >= 0.6 is 22.9 Å². The SMILES string of the molecule is COCc1c(C(=O)N2CCN(C(=O)c3cc(Cl)ccc3F)CC2)sc2cccc(F)c12. The summed E-state index contributed by atoms with van der Waals surface area (Å²) >= 11 is 7.12. The number of carbonyl (C=O) groups excluding carboxylic acids is 2. The summed E-state index contributed by atoms with van der Waals surface area (Å²) in [5.41, 5.74) is 0.444. The van der Waals surface area contributed by atoms with Crippen molar-refractivity contribution in [3.8, 4) is 0 Å². The van der Waals surface area contributed by atoms with E-state index in [9.17, 15) is 18.4 Å². The van der Waals surface area contributed by atoms with Crippen molar-refractivity contribution in [2.75, 3.05) is 33.3 Å². The van der Waals surface area contributed by atoms with Crippen LogP contribution in [0.4, 0.5) is 8.78 Å². The molecule has 0 spiro atoms. The van der Waals surface area contributed by atoms with Crippen molar-refractivity contribution in [1.82, 2.24) is 9.80 Å². The topological polar surface area (TPSA) is 49.9 Å². The summed E-state index contributed by atoms with van der Waals surface area (Å²) in [4.78, 5) is 29.4. The van der Waals surface area contributed by atoms with E-state index in [1.807, 2.05) is 0 Å². The molecule has 1 aliphatic rings. The molecule has 0 aliphatic carbocycles. The van der Waals surface area contributed by atoms with Crippen LogP contribution in [0.25, 0.3) is 10.1 Å². The summed E-state index contributed by atoms with van der Waals surface area (Å²) in [5.74, 6) is -1.71. The highest BCUT2D eigenvalue weighted by molar-refractivity contribution is 7.21. The van der Waals surface area contributed by atoms with Gasteiger partial charge in [-0.1, -0.05) is 17.7 Å². The molecule has 0 atom stereocenters. The molecule has 1 aliphatic heterocycles. The fourth-order valence-electron chi connectivity index (χ4n) is 3.71. The molecule has 0 unspecified atom stereocenters. The molecule has 162 valence electrons. The standard InChI is InChI=1S/C22H19ClF2N2O3S/c1-30-12-15-19-17(25)3-2-4-18(19)31-20(15)22(29)27-9-7-26(8-10-27)21(28)14-11-13(23)5-6-16(14)24/h2-6,11H,7-10,12H2,1H3. The third kappa shape index (κ3) is 4.15. The highest BCUT2D eigenvalue weighted by Crippen LogP contribution is 2.34. The maximum absolute atomic E-state index is 14.4. The molecule has 0 bridgehead atoms. The zero-order valence-corrected chi connectivity index (χ0v) is 18.2. The Bertz CT molecular complexity index is 1160. The number of methoxy groups -OCH3 is 1. The minimum absolute atomic E-state index is 0.0883. The van der Waals surface area contributed by atoms with Crippen LogP contribution in [0, 0.1) is 11.6 Å². The summed E-state index contributed by atoms with van der Waals surface area (Å²) in [6.45, 7) is 1.21. The molecule has 1 saturated heterocycles. The van der Waals surface area contributed by atoms with Crippen molar-refractivity contribution in [1.29, 1.82) is 0 Å². The summed E-state index contributed by atoms with van der Waals surface area (Å²) in [5, 5.41) is 0.684. The Morgan fingerprint density at radius 3 is 2.39 bits per heavy atom. The lowest BCUT2D eigenvalue weighted by Gasteiger charge is -2.34. The Kier molecular flexibility index (Phi) is 6.22. The molecule has 1 aromatic heterocycles.